The van der Waals surface area contributed by atoms with Crippen LogP contribution < -0.4 is 10.6 Å². The molecule has 26 heavy (non-hydrogen) atoms. The second-order valence-electron chi connectivity index (χ2n) is 5.94. The molecule has 0 saturated heterocycles. The van der Waals surface area contributed by atoms with Crippen LogP contribution in [0, 0.1) is 16.3 Å². The largest absolute Gasteiger partial charge is 0.355 e. The van der Waals surface area contributed by atoms with E-state index >= 15 is 0 Å². The van der Waals surface area contributed by atoms with Crippen LogP contribution in [0.4, 0.5) is 15.8 Å². The van der Waals surface area contributed by atoms with Crippen molar-refractivity contribution in [3.8, 4) is 0 Å². The van der Waals surface area contributed by atoms with E-state index in [1.807, 2.05) is 55.5 Å². The van der Waals surface area contributed by atoms with Crippen molar-refractivity contribution in [2.45, 2.75) is 13.5 Å². The van der Waals surface area contributed by atoms with E-state index in [1.165, 1.54) is 18.2 Å². The maximum absolute atomic E-state index is 13.8. The topological polar surface area (TPSA) is 41.1 Å². The molecule has 0 aliphatic heterocycles. The van der Waals surface area contributed by atoms with Gasteiger partial charge < -0.3 is 10.6 Å². The molecular formula is C21H18FIN2O. The molecule has 0 saturated carbocycles. The third-order valence-corrected chi connectivity index (χ3v) is 4.65. The summed E-state index contributed by atoms with van der Waals surface area (Å²) in [7, 11) is 0. The summed E-state index contributed by atoms with van der Waals surface area (Å²) in [6, 6.07) is 19.7. The first-order chi connectivity index (χ1) is 12.5. The Bertz CT molecular complexity index is 929. The Balaban J connectivity index is 1.82. The molecule has 0 aromatic heterocycles. The normalized spacial score (nSPS) is 10.4. The summed E-state index contributed by atoms with van der Waals surface area (Å²) in [5.41, 5.74) is 3.72. The summed E-state index contributed by atoms with van der Waals surface area (Å²) in [5.74, 6) is -0.644. The molecule has 132 valence electrons. The number of amides is 1. The predicted octanol–water partition coefficient (Wildman–Crippen LogP) is 5.41. The fourth-order valence-corrected chi connectivity index (χ4v) is 3.25. The van der Waals surface area contributed by atoms with Crippen LogP contribution in [0.15, 0.2) is 66.7 Å². The summed E-state index contributed by atoms with van der Waals surface area (Å²) in [4.78, 5) is 12.6. The molecule has 0 atom stereocenters. The van der Waals surface area contributed by atoms with Crippen molar-refractivity contribution >= 4 is 39.9 Å². The second kappa shape index (κ2) is 8.31. The second-order valence-corrected chi connectivity index (χ2v) is 7.19. The zero-order valence-corrected chi connectivity index (χ0v) is 16.4. The molecule has 0 bridgehead atoms. The fraction of sp³-hybridized carbons (Fsp3) is 0.0952. The first-order valence-electron chi connectivity index (χ1n) is 8.18. The molecule has 3 rings (SSSR count). The summed E-state index contributed by atoms with van der Waals surface area (Å²) < 4.78 is 14.9. The lowest BCUT2D eigenvalue weighted by Gasteiger charge is -2.14. The molecule has 0 unspecified atom stereocenters. The Morgan fingerprint density at radius 3 is 2.50 bits per heavy atom. The minimum atomic E-state index is -0.393. The quantitative estimate of drug-likeness (QED) is 0.500. The predicted molar refractivity (Wildman–Crippen MR) is 111 cm³/mol. The van der Waals surface area contributed by atoms with E-state index < -0.39 is 5.82 Å². The molecule has 0 fully saturated rings. The van der Waals surface area contributed by atoms with E-state index in [4.69, 9.17) is 0 Å². The molecule has 3 aromatic carbocycles. The fourth-order valence-electron chi connectivity index (χ4n) is 2.60. The van der Waals surface area contributed by atoms with Gasteiger partial charge in [0.2, 0.25) is 0 Å². The van der Waals surface area contributed by atoms with Crippen LogP contribution in [0.5, 0.6) is 0 Å². The molecule has 0 aliphatic rings. The Kier molecular flexibility index (Phi) is 5.88. The third kappa shape index (κ3) is 4.60. The number of hydrogen-bond donors (Lipinski definition) is 2. The summed E-state index contributed by atoms with van der Waals surface area (Å²) in [5, 5.41) is 6.07. The van der Waals surface area contributed by atoms with Crippen LogP contribution in [-0.2, 0) is 6.54 Å². The van der Waals surface area contributed by atoms with Crippen molar-refractivity contribution < 1.29 is 9.18 Å². The van der Waals surface area contributed by atoms with Crippen LogP contribution in [-0.4, -0.2) is 5.91 Å². The highest BCUT2D eigenvalue weighted by molar-refractivity contribution is 14.1. The number of anilines is 2. The average molecular weight is 460 g/mol. The minimum Gasteiger partial charge on any atom is -0.355 e. The molecule has 3 nitrogen and oxygen atoms in total. The molecule has 3 aromatic rings. The number of carbonyl (C=O) groups excluding carboxylic acids is 1. The zero-order chi connectivity index (χ0) is 18.5. The molecule has 5 heteroatoms. The third-order valence-electron chi connectivity index (χ3n) is 3.98. The first-order valence-corrected chi connectivity index (χ1v) is 9.25. The van der Waals surface area contributed by atoms with Gasteiger partial charge >= 0.3 is 0 Å². The Hall–Kier alpha value is -2.41. The monoisotopic (exact) mass is 460 g/mol. The first kappa shape index (κ1) is 18.4. The zero-order valence-electron chi connectivity index (χ0n) is 14.2. The molecule has 0 aliphatic carbocycles. The van der Waals surface area contributed by atoms with Gasteiger partial charge in [-0.25, -0.2) is 4.39 Å². The molecular weight excluding hydrogens is 442 g/mol. The van der Waals surface area contributed by atoms with Gasteiger partial charge in [-0.05, 0) is 77.0 Å². The van der Waals surface area contributed by atoms with Crippen LogP contribution in [0.25, 0.3) is 0 Å². The highest BCUT2D eigenvalue weighted by Gasteiger charge is 2.13. The van der Waals surface area contributed by atoms with E-state index in [1.54, 1.807) is 0 Å². The van der Waals surface area contributed by atoms with Gasteiger partial charge in [-0.3, -0.25) is 4.79 Å². The van der Waals surface area contributed by atoms with Gasteiger partial charge in [0.05, 0.1) is 11.3 Å². The van der Waals surface area contributed by atoms with Crippen LogP contribution in [0.1, 0.15) is 21.5 Å². The number of aryl methyl sites for hydroxylation is 1. The molecule has 0 heterocycles. The van der Waals surface area contributed by atoms with Crippen LogP contribution in [0.2, 0.25) is 0 Å². The lowest BCUT2D eigenvalue weighted by Crippen LogP contribution is -2.23. The lowest BCUT2D eigenvalue weighted by molar-refractivity contribution is 0.0951. The van der Waals surface area contributed by atoms with Crippen molar-refractivity contribution in [1.29, 1.82) is 0 Å². The maximum Gasteiger partial charge on any atom is 0.253 e. The Labute approximate surface area is 165 Å². The van der Waals surface area contributed by atoms with Crippen molar-refractivity contribution in [1.82, 2.24) is 5.32 Å². The number of rotatable bonds is 5. The molecule has 0 spiro atoms. The number of nitrogens with one attached hydrogen (secondary N) is 2. The van der Waals surface area contributed by atoms with Gasteiger partial charge in [0.1, 0.15) is 5.82 Å². The summed E-state index contributed by atoms with van der Waals surface area (Å²) in [6.45, 7) is 2.39. The van der Waals surface area contributed by atoms with E-state index in [-0.39, 0.29) is 5.91 Å². The van der Waals surface area contributed by atoms with Gasteiger partial charge in [-0.2, -0.15) is 0 Å². The number of halogens is 2. The SMILES string of the molecule is Cc1cc(I)ccc1Nc1cc(F)ccc1C(=O)NCc1ccccc1. The molecule has 2 N–H and O–H groups in total. The van der Waals surface area contributed by atoms with Crippen molar-refractivity contribution in [3.63, 3.8) is 0 Å². The van der Waals surface area contributed by atoms with Crippen molar-refractivity contribution in [2.75, 3.05) is 5.32 Å². The van der Waals surface area contributed by atoms with E-state index in [0.29, 0.717) is 17.8 Å². The number of carbonyl (C=O) groups is 1. The summed E-state index contributed by atoms with van der Waals surface area (Å²) in [6.07, 6.45) is 0. The average Bonchev–Trinajstić information content (AvgIpc) is 2.63. The lowest BCUT2D eigenvalue weighted by atomic mass is 10.1. The maximum atomic E-state index is 13.8. The van der Waals surface area contributed by atoms with Gasteiger partial charge in [0.25, 0.3) is 5.91 Å². The van der Waals surface area contributed by atoms with Gasteiger partial charge in [-0.15, -0.1) is 0 Å². The van der Waals surface area contributed by atoms with E-state index in [9.17, 15) is 9.18 Å². The van der Waals surface area contributed by atoms with E-state index in [0.717, 1.165) is 20.4 Å². The molecule has 0 radical (unpaired) electrons. The van der Waals surface area contributed by atoms with Crippen molar-refractivity contribution in [2.24, 2.45) is 0 Å². The van der Waals surface area contributed by atoms with Gasteiger partial charge in [-0.1, -0.05) is 30.3 Å². The summed E-state index contributed by atoms with van der Waals surface area (Å²) >= 11 is 2.24. The van der Waals surface area contributed by atoms with Crippen molar-refractivity contribution in [3.05, 3.63) is 92.8 Å². The van der Waals surface area contributed by atoms with Gasteiger partial charge in [0.15, 0.2) is 0 Å². The Morgan fingerprint density at radius 1 is 1.00 bits per heavy atom. The number of hydrogen-bond acceptors (Lipinski definition) is 2. The van der Waals surface area contributed by atoms with Crippen LogP contribution in [0.3, 0.4) is 0 Å². The molecule has 1 amide bonds. The highest BCUT2D eigenvalue weighted by atomic mass is 127. The highest BCUT2D eigenvalue weighted by Crippen LogP contribution is 2.26. The minimum absolute atomic E-state index is 0.250. The number of benzene rings is 3. The van der Waals surface area contributed by atoms with E-state index in [2.05, 4.69) is 33.2 Å². The standard InChI is InChI=1S/C21H18FIN2O/c1-14-11-17(23)8-10-19(14)25-20-12-16(22)7-9-18(20)21(26)24-13-15-5-3-2-4-6-15/h2-12,25H,13H2,1H3,(H,24,26). The Morgan fingerprint density at radius 2 is 1.77 bits per heavy atom. The smallest absolute Gasteiger partial charge is 0.253 e. The van der Waals surface area contributed by atoms with Crippen LogP contribution >= 0.6 is 22.6 Å². The van der Waals surface area contributed by atoms with Gasteiger partial charge in [0, 0.05) is 15.8 Å².